The third-order valence-electron chi connectivity index (χ3n) is 3.74. The first kappa shape index (κ1) is 18.3. The zero-order valence-electron chi connectivity index (χ0n) is 13.0. The van der Waals surface area contributed by atoms with Crippen molar-refractivity contribution in [3.8, 4) is 0 Å². The van der Waals surface area contributed by atoms with Crippen molar-refractivity contribution in [1.29, 1.82) is 0 Å². The molecule has 0 amide bonds. The Morgan fingerprint density at radius 2 is 1.33 bits per heavy atom. The Balaban J connectivity index is 5.04. The summed E-state index contributed by atoms with van der Waals surface area (Å²) in [5.41, 5.74) is 0. The summed E-state index contributed by atoms with van der Waals surface area (Å²) in [6.07, 6.45) is 4.67. The zero-order valence-corrected chi connectivity index (χ0v) is 15.0. The number of hydrogen-bond acceptors (Lipinski definition) is 4. The van der Waals surface area contributed by atoms with Crippen molar-refractivity contribution in [3.05, 3.63) is 0 Å². The normalized spacial score (nSPS) is 14.8. The van der Waals surface area contributed by atoms with E-state index in [9.17, 15) is 0 Å². The fourth-order valence-corrected chi connectivity index (χ4v) is 10.3. The van der Waals surface area contributed by atoms with E-state index in [1.807, 2.05) is 0 Å². The molecular formula is C12H30O4Si2. The first-order chi connectivity index (χ1) is 8.44. The van der Waals surface area contributed by atoms with E-state index in [1.165, 1.54) is 19.3 Å². The van der Waals surface area contributed by atoms with Crippen molar-refractivity contribution in [2.75, 3.05) is 28.4 Å². The zero-order chi connectivity index (χ0) is 14.2. The van der Waals surface area contributed by atoms with Crippen molar-refractivity contribution >= 4 is 17.1 Å². The largest absolute Gasteiger partial charge is 0.502 e. The van der Waals surface area contributed by atoms with Crippen LogP contribution in [0.25, 0.3) is 0 Å². The second kappa shape index (κ2) is 8.45. The van der Waals surface area contributed by atoms with Crippen molar-refractivity contribution in [3.63, 3.8) is 0 Å². The van der Waals surface area contributed by atoms with Gasteiger partial charge in [0.25, 0.3) is 0 Å². The standard InChI is InChI=1S/C12H30O4Si2/c1-8-9-10-11-12(17(6,7)13-2)18(14-3,15-4)16-5/h12H,8-11H2,1-7H3. The van der Waals surface area contributed by atoms with Crippen LogP contribution in [0, 0.1) is 0 Å². The van der Waals surface area contributed by atoms with Crippen LogP contribution >= 0.6 is 0 Å². The van der Waals surface area contributed by atoms with Gasteiger partial charge < -0.3 is 17.7 Å². The fourth-order valence-electron chi connectivity index (χ4n) is 2.37. The first-order valence-electron chi connectivity index (χ1n) is 6.64. The third-order valence-corrected chi connectivity index (χ3v) is 12.8. The molecule has 0 radical (unpaired) electrons. The van der Waals surface area contributed by atoms with Crippen LogP contribution in [0.5, 0.6) is 0 Å². The van der Waals surface area contributed by atoms with Gasteiger partial charge >= 0.3 is 8.80 Å². The molecule has 0 bridgehead atoms. The van der Waals surface area contributed by atoms with Crippen molar-refractivity contribution in [1.82, 2.24) is 0 Å². The molecule has 18 heavy (non-hydrogen) atoms. The highest BCUT2D eigenvalue weighted by molar-refractivity contribution is 6.87. The van der Waals surface area contributed by atoms with Crippen LogP contribution in [0.4, 0.5) is 0 Å². The van der Waals surface area contributed by atoms with Gasteiger partial charge in [0.2, 0.25) is 0 Å². The number of rotatable bonds is 10. The Labute approximate surface area is 114 Å². The summed E-state index contributed by atoms with van der Waals surface area (Å²) >= 11 is 0. The van der Waals surface area contributed by atoms with Crippen LogP contribution in [-0.4, -0.2) is 45.6 Å². The van der Waals surface area contributed by atoms with E-state index in [2.05, 4.69) is 20.0 Å². The third kappa shape index (κ3) is 4.43. The van der Waals surface area contributed by atoms with Crippen LogP contribution in [0.3, 0.4) is 0 Å². The van der Waals surface area contributed by atoms with Crippen LogP contribution in [-0.2, 0) is 17.7 Å². The smallest absolute Gasteiger partial charge is 0.420 e. The highest BCUT2D eigenvalue weighted by Crippen LogP contribution is 2.38. The van der Waals surface area contributed by atoms with Crippen LogP contribution in [0.1, 0.15) is 32.6 Å². The summed E-state index contributed by atoms with van der Waals surface area (Å²) in [5.74, 6) is 0. The van der Waals surface area contributed by atoms with E-state index in [1.54, 1.807) is 28.4 Å². The molecule has 1 unspecified atom stereocenters. The quantitative estimate of drug-likeness (QED) is 0.458. The average Bonchev–Trinajstić information content (AvgIpc) is 2.39. The lowest BCUT2D eigenvalue weighted by atomic mass is 10.2. The van der Waals surface area contributed by atoms with Gasteiger partial charge in [-0.1, -0.05) is 26.2 Å². The Bertz CT molecular complexity index is 212. The van der Waals surface area contributed by atoms with E-state index in [4.69, 9.17) is 17.7 Å². The molecule has 0 spiro atoms. The lowest BCUT2D eigenvalue weighted by Crippen LogP contribution is -2.57. The molecule has 0 saturated heterocycles. The minimum absolute atomic E-state index is 0.279. The summed E-state index contributed by atoms with van der Waals surface area (Å²) in [4.78, 5) is 0. The minimum Gasteiger partial charge on any atom is -0.420 e. The van der Waals surface area contributed by atoms with Gasteiger partial charge in [-0.3, -0.25) is 0 Å². The van der Waals surface area contributed by atoms with E-state index in [-0.39, 0.29) is 5.16 Å². The van der Waals surface area contributed by atoms with Gasteiger partial charge in [0.05, 0.1) is 0 Å². The molecule has 0 aliphatic rings. The molecule has 0 aliphatic carbocycles. The maximum absolute atomic E-state index is 5.78. The molecule has 6 heteroatoms. The highest BCUT2D eigenvalue weighted by Gasteiger charge is 2.55. The second-order valence-corrected chi connectivity index (χ2v) is 13.1. The molecule has 1 atom stereocenters. The Morgan fingerprint density at radius 3 is 1.67 bits per heavy atom. The van der Waals surface area contributed by atoms with Crippen molar-refractivity contribution < 1.29 is 17.7 Å². The molecule has 0 heterocycles. The van der Waals surface area contributed by atoms with Crippen LogP contribution in [0.2, 0.25) is 18.3 Å². The first-order valence-corrected chi connectivity index (χ1v) is 11.4. The van der Waals surface area contributed by atoms with Crippen molar-refractivity contribution in [2.24, 2.45) is 0 Å². The Morgan fingerprint density at radius 1 is 0.833 bits per heavy atom. The van der Waals surface area contributed by atoms with Gasteiger partial charge in [0.1, 0.15) is 0 Å². The van der Waals surface area contributed by atoms with E-state index >= 15 is 0 Å². The fraction of sp³-hybridized carbons (Fsp3) is 1.00. The summed E-state index contributed by atoms with van der Waals surface area (Å²) < 4.78 is 22.8. The SMILES string of the molecule is CCCCCC([Si](C)(C)OC)[Si](OC)(OC)OC. The van der Waals surface area contributed by atoms with Gasteiger partial charge in [-0.2, -0.15) is 0 Å². The second-order valence-electron chi connectivity index (χ2n) is 5.07. The van der Waals surface area contributed by atoms with Gasteiger partial charge in [0, 0.05) is 33.6 Å². The summed E-state index contributed by atoms with van der Waals surface area (Å²) in [6, 6.07) is 0. The summed E-state index contributed by atoms with van der Waals surface area (Å²) in [6.45, 7) is 6.63. The predicted octanol–water partition coefficient (Wildman–Crippen LogP) is 3.21. The molecule has 0 saturated carbocycles. The Kier molecular flexibility index (Phi) is 8.57. The predicted molar refractivity (Wildman–Crippen MR) is 79.2 cm³/mol. The summed E-state index contributed by atoms with van der Waals surface area (Å²) in [5, 5.41) is 0.279. The lowest BCUT2D eigenvalue weighted by molar-refractivity contribution is 0.115. The molecule has 110 valence electrons. The molecule has 0 fully saturated rings. The molecule has 0 aromatic heterocycles. The maximum atomic E-state index is 5.78. The molecule has 0 N–H and O–H groups in total. The van der Waals surface area contributed by atoms with E-state index in [0.717, 1.165) is 6.42 Å². The number of unbranched alkanes of at least 4 members (excludes halogenated alkanes) is 2. The minimum atomic E-state index is -2.62. The topological polar surface area (TPSA) is 36.9 Å². The monoisotopic (exact) mass is 294 g/mol. The van der Waals surface area contributed by atoms with Crippen LogP contribution < -0.4 is 0 Å². The van der Waals surface area contributed by atoms with Gasteiger partial charge in [-0.15, -0.1) is 0 Å². The maximum Gasteiger partial charge on any atom is 0.502 e. The van der Waals surface area contributed by atoms with E-state index in [0.29, 0.717) is 0 Å². The van der Waals surface area contributed by atoms with Crippen LogP contribution in [0.15, 0.2) is 0 Å². The van der Waals surface area contributed by atoms with E-state index < -0.39 is 17.1 Å². The molecule has 0 aromatic rings. The molecular weight excluding hydrogens is 264 g/mol. The summed E-state index contributed by atoms with van der Waals surface area (Å²) in [7, 11) is 2.37. The molecule has 4 nitrogen and oxygen atoms in total. The molecule has 0 rings (SSSR count). The molecule has 0 aromatic carbocycles. The molecule has 0 aliphatic heterocycles. The van der Waals surface area contributed by atoms with Gasteiger partial charge in [0.15, 0.2) is 8.32 Å². The Hall–Kier alpha value is 0.274. The lowest BCUT2D eigenvalue weighted by Gasteiger charge is -2.39. The van der Waals surface area contributed by atoms with Gasteiger partial charge in [-0.25, -0.2) is 0 Å². The van der Waals surface area contributed by atoms with Gasteiger partial charge in [-0.05, 0) is 19.5 Å². The van der Waals surface area contributed by atoms with Crippen molar-refractivity contribution in [2.45, 2.75) is 50.9 Å². The average molecular weight is 295 g/mol. The highest BCUT2D eigenvalue weighted by atomic mass is 28.4. The number of hydrogen-bond donors (Lipinski definition) is 0.